The number of carbonyl (C=O) groups excluding carboxylic acids is 1. The third-order valence-corrected chi connectivity index (χ3v) is 3.62. The quantitative estimate of drug-likeness (QED) is 0.788. The molecule has 0 unspecified atom stereocenters. The molecule has 1 aromatic carbocycles. The maximum absolute atomic E-state index is 14.1. The molecule has 3 rings (SSSR count). The van der Waals surface area contributed by atoms with Gasteiger partial charge in [0.2, 0.25) is 0 Å². The van der Waals surface area contributed by atoms with Crippen LogP contribution in [-0.4, -0.2) is 29.9 Å². The lowest BCUT2D eigenvalue weighted by Gasteiger charge is -2.32. The summed E-state index contributed by atoms with van der Waals surface area (Å²) in [5.41, 5.74) is 0.694. The van der Waals surface area contributed by atoms with Crippen molar-refractivity contribution in [2.24, 2.45) is 0 Å². The second kappa shape index (κ2) is 5.14. The van der Waals surface area contributed by atoms with Gasteiger partial charge in [-0.1, -0.05) is 30.3 Å². The minimum atomic E-state index is -3.31. The minimum absolute atomic E-state index is 0.556. The van der Waals surface area contributed by atoms with Crippen LogP contribution in [0.1, 0.15) is 25.5 Å². The molecule has 1 saturated heterocycles. The number of halogens is 2. The number of rotatable bonds is 2. The predicted molar refractivity (Wildman–Crippen MR) is 73.2 cm³/mol. The third kappa shape index (κ3) is 2.76. The molecule has 0 N–H and O–H groups in total. The van der Waals surface area contributed by atoms with E-state index in [2.05, 4.69) is 0 Å². The normalized spacial score (nSPS) is 32.7. The van der Waals surface area contributed by atoms with Gasteiger partial charge in [0.25, 0.3) is 0 Å². The first kappa shape index (κ1) is 15.1. The van der Waals surface area contributed by atoms with Gasteiger partial charge in [-0.25, -0.2) is 4.79 Å². The number of hydrogen-bond acceptors (Lipinski definition) is 4. The highest BCUT2D eigenvalue weighted by Crippen LogP contribution is 2.44. The van der Waals surface area contributed by atoms with Gasteiger partial charge in [0, 0.05) is 6.08 Å². The molecule has 118 valence electrons. The van der Waals surface area contributed by atoms with Crippen LogP contribution >= 0.6 is 0 Å². The van der Waals surface area contributed by atoms with Crippen LogP contribution in [0.5, 0.6) is 0 Å². The van der Waals surface area contributed by atoms with Gasteiger partial charge in [-0.05, 0) is 25.5 Å². The van der Waals surface area contributed by atoms with Crippen molar-refractivity contribution in [3.63, 3.8) is 0 Å². The van der Waals surface area contributed by atoms with E-state index in [4.69, 9.17) is 14.2 Å². The Labute approximate surface area is 126 Å². The van der Waals surface area contributed by atoms with Crippen molar-refractivity contribution in [3.05, 3.63) is 48.0 Å². The second-order valence-electron chi connectivity index (χ2n) is 5.80. The van der Waals surface area contributed by atoms with E-state index in [9.17, 15) is 13.6 Å². The Balaban J connectivity index is 1.96. The van der Waals surface area contributed by atoms with Crippen LogP contribution in [0.15, 0.2) is 42.5 Å². The van der Waals surface area contributed by atoms with Gasteiger partial charge in [0.05, 0.1) is 0 Å². The van der Waals surface area contributed by atoms with E-state index in [0.717, 1.165) is 6.08 Å². The lowest BCUT2D eigenvalue weighted by molar-refractivity contribution is -0.198. The molecule has 0 aromatic heterocycles. The highest BCUT2D eigenvalue weighted by molar-refractivity contribution is 5.83. The molecular weight excluding hydrogens is 294 g/mol. The fourth-order valence-corrected chi connectivity index (χ4v) is 2.71. The van der Waals surface area contributed by atoms with Gasteiger partial charge in [0.15, 0.2) is 11.9 Å². The Kier molecular flexibility index (Phi) is 3.53. The Bertz CT molecular complexity index is 597. The Morgan fingerprint density at radius 3 is 2.45 bits per heavy atom. The molecule has 6 heteroatoms. The summed E-state index contributed by atoms with van der Waals surface area (Å²) in [5.74, 6) is -5.17. The molecule has 0 aliphatic carbocycles. The molecule has 3 atom stereocenters. The summed E-state index contributed by atoms with van der Waals surface area (Å²) < 4.78 is 44.5. The molecule has 0 saturated carbocycles. The third-order valence-electron chi connectivity index (χ3n) is 3.62. The minimum Gasteiger partial charge on any atom is -0.449 e. The number of alkyl halides is 2. The summed E-state index contributed by atoms with van der Waals surface area (Å²) >= 11 is 0. The predicted octanol–water partition coefficient (Wildman–Crippen LogP) is 3.00. The van der Waals surface area contributed by atoms with Crippen molar-refractivity contribution in [2.75, 3.05) is 0 Å². The summed E-state index contributed by atoms with van der Waals surface area (Å²) in [6, 6.07) is 8.91. The second-order valence-corrected chi connectivity index (χ2v) is 5.80. The van der Waals surface area contributed by atoms with Crippen molar-refractivity contribution in [3.8, 4) is 0 Å². The highest BCUT2D eigenvalue weighted by Gasteiger charge is 2.56. The number of ether oxygens (including phenoxy) is 3. The van der Waals surface area contributed by atoms with Gasteiger partial charge in [-0.2, -0.15) is 8.78 Å². The van der Waals surface area contributed by atoms with E-state index < -0.39 is 36.0 Å². The van der Waals surface area contributed by atoms with Crippen LogP contribution in [0, 0.1) is 0 Å². The molecule has 2 aliphatic rings. The summed E-state index contributed by atoms with van der Waals surface area (Å²) in [6.45, 7) is 3.28. The lowest BCUT2D eigenvalue weighted by atomic mass is 9.95. The first-order valence-electron chi connectivity index (χ1n) is 6.97. The summed E-state index contributed by atoms with van der Waals surface area (Å²) in [5, 5.41) is 0. The van der Waals surface area contributed by atoms with Crippen molar-refractivity contribution >= 4 is 5.97 Å². The summed E-state index contributed by atoms with van der Waals surface area (Å²) in [6.07, 6.45) is -2.28. The van der Waals surface area contributed by atoms with Gasteiger partial charge in [-0.3, -0.25) is 0 Å². The van der Waals surface area contributed by atoms with Crippen LogP contribution < -0.4 is 0 Å². The molecule has 0 bridgehead atoms. The zero-order chi connectivity index (χ0) is 16.0. The summed E-state index contributed by atoms with van der Waals surface area (Å²) in [7, 11) is 0. The van der Waals surface area contributed by atoms with E-state index in [-0.39, 0.29) is 0 Å². The highest BCUT2D eigenvalue weighted by atomic mass is 19.3. The van der Waals surface area contributed by atoms with Gasteiger partial charge < -0.3 is 14.2 Å². The van der Waals surface area contributed by atoms with Crippen molar-refractivity contribution in [2.45, 2.75) is 43.9 Å². The Morgan fingerprint density at radius 1 is 1.09 bits per heavy atom. The fourth-order valence-electron chi connectivity index (χ4n) is 2.71. The van der Waals surface area contributed by atoms with Gasteiger partial charge >= 0.3 is 11.9 Å². The average Bonchev–Trinajstić information content (AvgIpc) is 2.78. The van der Waals surface area contributed by atoms with Crippen molar-refractivity contribution < 1.29 is 27.8 Å². The maximum atomic E-state index is 14.1. The molecule has 1 fully saturated rings. The van der Waals surface area contributed by atoms with E-state index in [1.807, 2.05) is 6.07 Å². The van der Waals surface area contributed by atoms with Gasteiger partial charge in [0.1, 0.15) is 12.2 Å². The summed E-state index contributed by atoms with van der Waals surface area (Å²) in [4.78, 5) is 11.4. The van der Waals surface area contributed by atoms with E-state index in [1.54, 1.807) is 38.1 Å². The van der Waals surface area contributed by atoms with E-state index in [0.29, 0.717) is 11.6 Å². The standard InChI is InChI=1S/C16H16F2O4/c1-15(2)21-12(10-6-4-3-5-7-10)13(22-15)14-16(17,18)9-8-11(19)20-14/h3-9,12-14H,1-2H3/t12-,13+,14-/m1/s1. The Hall–Kier alpha value is -1.79. The van der Waals surface area contributed by atoms with Crippen LogP contribution in [0.2, 0.25) is 0 Å². The topological polar surface area (TPSA) is 44.8 Å². The molecule has 22 heavy (non-hydrogen) atoms. The molecule has 0 radical (unpaired) electrons. The smallest absolute Gasteiger partial charge is 0.331 e. The van der Waals surface area contributed by atoms with Crippen molar-refractivity contribution in [1.82, 2.24) is 0 Å². The first-order valence-corrected chi connectivity index (χ1v) is 6.97. The molecule has 2 aliphatic heterocycles. The van der Waals surface area contributed by atoms with Crippen LogP contribution in [0.25, 0.3) is 0 Å². The van der Waals surface area contributed by atoms with Crippen LogP contribution in [0.4, 0.5) is 8.78 Å². The molecule has 0 spiro atoms. The Morgan fingerprint density at radius 2 is 1.77 bits per heavy atom. The van der Waals surface area contributed by atoms with Gasteiger partial charge in [-0.15, -0.1) is 0 Å². The van der Waals surface area contributed by atoms with E-state index in [1.165, 1.54) is 0 Å². The zero-order valence-electron chi connectivity index (χ0n) is 12.2. The number of esters is 1. The van der Waals surface area contributed by atoms with Crippen LogP contribution in [-0.2, 0) is 19.0 Å². The SMILES string of the molecule is CC1(C)O[C@H]([C@H]2OC(=O)C=CC2(F)F)[C@@H](c2ccccc2)O1. The number of carbonyl (C=O) groups is 1. The maximum Gasteiger partial charge on any atom is 0.331 e. The molecule has 4 nitrogen and oxygen atoms in total. The first-order chi connectivity index (χ1) is 10.3. The number of hydrogen-bond donors (Lipinski definition) is 0. The molecule has 0 amide bonds. The average molecular weight is 310 g/mol. The zero-order valence-corrected chi connectivity index (χ0v) is 12.2. The lowest BCUT2D eigenvalue weighted by Crippen LogP contribution is -2.49. The van der Waals surface area contributed by atoms with E-state index >= 15 is 0 Å². The molecule has 2 heterocycles. The van der Waals surface area contributed by atoms with Crippen molar-refractivity contribution in [1.29, 1.82) is 0 Å². The number of cyclic esters (lactones) is 1. The largest absolute Gasteiger partial charge is 0.449 e. The molecular formula is C16H16F2O4. The molecule has 1 aromatic rings. The van der Waals surface area contributed by atoms with Crippen LogP contribution in [0.3, 0.4) is 0 Å². The fraction of sp³-hybridized carbons (Fsp3) is 0.438. The number of benzene rings is 1. The monoisotopic (exact) mass is 310 g/mol.